The standard InChI is InChI=1S/C16H21N7O4S/c1-9(4-5-17)20-15-22-23-16(28-15)21-13(24)11-8-10(19-7-6-18-2)12(26-3)14(25)27-11/h4-5,8,18-19H,6-7,17H2,1-3H3,(H,21,23,24). The van der Waals surface area contributed by atoms with Gasteiger partial charge in [0, 0.05) is 24.9 Å². The Hall–Kier alpha value is -3.25. The molecule has 2 rings (SSSR count). The minimum absolute atomic E-state index is 0.0105. The van der Waals surface area contributed by atoms with Crippen molar-refractivity contribution in [2.75, 3.05) is 37.9 Å². The van der Waals surface area contributed by atoms with Crippen LogP contribution in [0, 0.1) is 0 Å². The van der Waals surface area contributed by atoms with E-state index in [-0.39, 0.29) is 16.6 Å². The summed E-state index contributed by atoms with van der Waals surface area (Å²) in [6.45, 7) is 2.92. The number of carbonyl (C=O) groups excluding carboxylic acids is 1. The van der Waals surface area contributed by atoms with Crippen LogP contribution in [0.25, 0.3) is 0 Å². The van der Waals surface area contributed by atoms with Crippen molar-refractivity contribution >= 4 is 38.9 Å². The van der Waals surface area contributed by atoms with Gasteiger partial charge in [0.05, 0.1) is 12.8 Å². The first-order valence-corrected chi connectivity index (χ1v) is 8.99. The fourth-order valence-corrected chi connectivity index (χ4v) is 2.71. The molecule has 0 aliphatic rings. The average molecular weight is 407 g/mol. The van der Waals surface area contributed by atoms with Gasteiger partial charge < -0.3 is 25.5 Å². The molecule has 0 atom stereocenters. The van der Waals surface area contributed by atoms with Crippen LogP contribution in [0.2, 0.25) is 0 Å². The zero-order valence-corrected chi connectivity index (χ0v) is 16.4. The van der Waals surface area contributed by atoms with Gasteiger partial charge >= 0.3 is 5.63 Å². The highest BCUT2D eigenvalue weighted by Crippen LogP contribution is 2.25. The third kappa shape index (κ3) is 5.62. The number of anilines is 2. The van der Waals surface area contributed by atoms with Gasteiger partial charge in [-0.25, -0.2) is 9.79 Å². The van der Waals surface area contributed by atoms with Crippen molar-refractivity contribution in [1.82, 2.24) is 15.5 Å². The van der Waals surface area contributed by atoms with E-state index in [0.29, 0.717) is 29.6 Å². The number of nitrogens with zero attached hydrogens (tertiary/aromatic N) is 3. The van der Waals surface area contributed by atoms with E-state index in [0.717, 1.165) is 11.3 Å². The molecule has 2 aromatic rings. The van der Waals surface area contributed by atoms with Gasteiger partial charge in [0.1, 0.15) is 0 Å². The second-order valence-electron chi connectivity index (χ2n) is 5.33. The van der Waals surface area contributed by atoms with Crippen LogP contribution in [-0.2, 0) is 0 Å². The third-order valence-electron chi connectivity index (χ3n) is 3.27. The van der Waals surface area contributed by atoms with Gasteiger partial charge in [-0.1, -0.05) is 11.3 Å². The largest absolute Gasteiger partial charge is 0.488 e. The van der Waals surface area contributed by atoms with Gasteiger partial charge in [-0.15, -0.1) is 10.2 Å². The van der Waals surface area contributed by atoms with Crippen LogP contribution < -0.4 is 32.0 Å². The number of nitrogens with one attached hydrogen (secondary N) is 3. The fraction of sp³-hybridized carbons (Fsp3) is 0.312. The highest BCUT2D eigenvalue weighted by atomic mass is 32.1. The zero-order valence-electron chi connectivity index (χ0n) is 15.6. The summed E-state index contributed by atoms with van der Waals surface area (Å²) in [6.07, 6.45) is 2.96. The van der Waals surface area contributed by atoms with Gasteiger partial charge in [0.2, 0.25) is 16.0 Å². The summed E-state index contributed by atoms with van der Waals surface area (Å²) < 4.78 is 10.1. The number of aliphatic imine (C=N–C) groups is 1. The topological polar surface area (TPSA) is 157 Å². The van der Waals surface area contributed by atoms with E-state index in [9.17, 15) is 9.59 Å². The van der Waals surface area contributed by atoms with Crippen molar-refractivity contribution in [3.05, 3.63) is 34.5 Å². The Bertz CT molecular complexity index is 935. The predicted octanol–water partition coefficient (Wildman–Crippen LogP) is 0.948. The van der Waals surface area contributed by atoms with Crippen molar-refractivity contribution in [2.24, 2.45) is 10.7 Å². The maximum atomic E-state index is 12.4. The molecule has 0 saturated carbocycles. The number of methoxy groups -OCH3 is 1. The Kier molecular flexibility index (Phi) is 7.65. The molecule has 0 bridgehead atoms. The first-order valence-electron chi connectivity index (χ1n) is 8.17. The maximum Gasteiger partial charge on any atom is 0.381 e. The van der Waals surface area contributed by atoms with E-state index in [1.54, 1.807) is 20.0 Å². The summed E-state index contributed by atoms with van der Waals surface area (Å²) in [5.41, 5.74) is 5.51. The zero-order chi connectivity index (χ0) is 20.5. The van der Waals surface area contributed by atoms with Crippen LogP contribution >= 0.6 is 11.3 Å². The highest BCUT2D eigenvalue weighted by molar-refractivity contribution is 7.18. The molecule has 0 unspecified atom stereocenters. The van der Waals surface area contributed by atoms with Gasteiger partial charge in [0.15, 0.2) is 5.76 Å². The lowest BCUT2D eigenvalue weighted by molar-refractivity contribution is 0.0991. The van der Waals surface area contributed by atoms with E-state index < -0.39 is 11.5 Å². The molecular formula is C16H21N7O4S. The Morgan fingerprint density at radius 3 is 2.89 bits per heavy atom. The molecule has 0 aromatic carbocycles. The molecule has 28 heavy (non-hydrogen) atoms. The van der Waals surface area contributed by atoms with E-state index in [1.807, 2.05) is 0 Å². The smallest absolute Gasteiger partial charge is 0.381 e. The second kappa shape index (κ2) is 10.2. The minimum Gasteiger partial charge on any atom is -0.488 e. The summed E-state index contributed by atoms with van der Waals surface area (Å²) in [5.74, 6) is -0.856. The number of hydrogen-bond donors (Lipinski definition) is 4. The number of hydrogen-bond acceptors (Lipinski definition) is 11. The van der Waals surface area contributed by atoms with Gasteiger partial charge in [-0.2, -0.15) is 0 Å². The van der Waals surface area contributed by atoms with E-state index in [1.165, 1.54) is 19.4 Å². The van der Waals surface area contributed by atoms with E-state index >= 15 is 0 Å². The number of allylic oxidation sites excluding steroid dienone is 1. The Balaban J connectivity index is 2.19. The molecule has 11 nitrogen and oxygen atoms in total. The van der Waals surface area contributed by atoms with Gasteiger partial charge in [0.25, 0.3) is 5.91 Å². The first kappa shape index (κ1) is 21.1. The molecule has 150 valence electrons. The lowest BCUT2D eigenvalue weighted by Gasteiger charge is -2.10. The van der Waals surface area contributed by atoms with E-state index in [2.05, 4.69) is 31.1 Å². The number of carbonyl (C=O) groups is 1. The van der Waals surface area contributed by atoms with Crippen molar-refractivity contribution < 1.29 is 13.9 Å². The summed E-state index contributed by atoms with van der Waals surface area (Å²) in [7, 11) is 3.14. The molecule has 0 aliphatic heterocycles. The van der Waals surface area contributed by atoms with Crippen molar-refractivity contribution in [1.29, 1.82) is 0 Å². The average Bonchev–Trinajstić information content (AvgIpc) is 3.08. The Labute approximate surface area is 164 Å². The fourth-order valence-electron chi connectivity index (χ4n) is 2.04. The molecule has 1 amide bonds. The minimum atomic E-state index is -0.770. The molecule has 12 heteroatoms. The van der Waals surface area contributed by atoms with Crippen LogP contribution in [0.15, 0.2) is 32.5 Å². The summed E-state index contributed by atoms with van der Waals surface area (Å²) in [6, 6.07) is 1.39. The van der Waals surface area contributed by atoms with Crippen LogP contribution in [0.1, 0.15) is 17.5 Å². The van der Waals surface area contributed by atoms with Crippen molar-refractivity contribution in [3.63, 3.8) is 0 Å². The summed E-state index contributed by atoms with van der Waals surface area (Å²) in [5, 5.41) is 16.7. The molecule has 0 aliphatic carbocycles. The number of aromatic nitrogens is 2. The van der Waals surface area contributed by atoms with Gasteiger partial charge in [-0.05, 0) is 26.2 Å². The van der Waals surface area contributed by atoms with Gasteiger partial charge in [-0.3, -0.25) is 10.1 Å². The molecule has 5 N–H and O–H groups in total. The molecule has 0 saturated heterocycles. The molecular weight excluding hydrogens is 386 g/mol. The van der Waals surface area contributed by atoms with Crippen LogP contribution in [-0.4, -0.2) is 49.1 Å². The SMILES string of the molecule is CNCCNc1cc(C(=O)Nc2nnc(N=C(C)C=CN)s2)oc(=O)c1OC. The number of likely N-dealkylation sites (N-methyl/N-ethyl adjacent to an activating group) is 1. The molecule has 2 heterocycles. The van der Waals surface area contributed by atoms with Crippen molar-refractivity contribution in [2.45, 2.75) is 6.92 Å². The number of amides is 1. The lowest BCUT2D eigenvalue weighted by atomic mass is 10.3. The molecule has 0 fully saturated rings. The number of ether oxygens (including phenoxy) is 1. The Morgan fingerprint density at radius 2 is 2.21 bits per heavy atom. The number of nitrogens with two attached hydrogens (primary N) is 1. The summed E-state index contributed by atoms with van der Waals surface area (Å²) in [4.78, 5) is 28.7. The predicted molar refractivity (Wildman–Crippen MR) is 108 cm³/mol. The number of rotatable bonds is 9. The van der Waals surface area contributed by atoms with Crippen molar-refractivity contribution in [3.8, 4) is 5.75 Å². The van der Waals surface area contributed by atoms with Crippen LogP contribution in [0.5, 0.6) is 5.75 Å². The highest BCUT2D eigenvalue weighted by Gasteiger charge is 2.18. The summed E-state index contributed by atoms with van der Waals surface area (Å²) >= 11 is 1.06. The first-order chi connectivity index (χ1) is 13.5. The second-order valence-corrected chi connectivity index (χ2v) is 6.29. The Morgan fingerprint density at radius 1 is 1.43 bits per heavy atom. The maximum absolute atomic E-state index is 12.4. The monoisotopic (exact) mass is 407 g/mol. The normalized spacial score (nSPS) is 11.6. The van der Waals surface area contributed by atoms with Crippen LogP contribution in [0.4, 0.5) is 16.0 Å². The molecule has 0 radical (unpaired) electrons. The molecule has 0 spiro atoms. The van der Waals surface area contributed by atoms with Crippen LogP contribution in [0.3, 0.4) is 0 Å². The lowest BCUT2D eigenvalue weighted by Crippen LogP contribution is -2.21. The molecule has 2 aromatic heterocycles. The quantitative estimate of drug-likeness (QED) is 0.351. The van der Waals surface area contributed by atoms with E-state index in [4.69, 9.17) is 14.9 Å². The third-order valence-corrected chi connectivity index (χ3v) is 4.00.